The summed E-state index contributed by atoms with van der Waals surface area (Å²) in [5.41, 5.74) is 5.58. The fraction of sp³-hybridized carbons (Fsp3) is 0.143. The third-order valence-corrected chi connectivity index (χ3v) is 4.68. The van der Waals surface area contributed by atoms with E-state index in [1.54, 1.807) is 13.8 Å². The van der Waals surface area contributed by atoms with Gasteiger partial charge in [0.2, 0.25) is 0 Å². The van der Waals surface area contributed by atoms with Gasteiger partial charge in [-0.3, -0.25) is 24.8 Å². The van der Waals surface area contributed by atoms with Crippen molar-refractivity contribution in [3.05, 3.63) is 55.6 Å². The molecule has 0 heterocycles. The highest BCUT2D eigenvalue weighted by Crippen LogP contribution is 2.40. The van der Waals surface area contributed by atoms with Gasteiger partial charge in [-0.25, -0.2) is 0 Å². The van der Waals surface area contributed by atoms with Gasteiger partial charge < -0.3 is 11.1 Å². The van der Waals surface area contributed by atoms with Crippen LogP contribution in [0.3, 0.4) is 0 Å². The number of nitro groups is 2. The topological polar surface area (TPSA) is 179 Å². The highest BCUT2D eigenvalue weighted by Gasteiger charge is 2.30. The first-order valence-electron chi connectivity index (χ1n) is 7.00. The predicted molar refractivity (Wildman–Crippen MR) is 93.2 cm³/mol. The molecule has 4 N–H and O–H groups in total. The molecule has 0 atom stereocenters. The van der Waals surface area contributed by atoms with Crippen LogP contribution >= 0.6 is 0 Å². The molecular formula is C14H14N4O7S. The van der Waals surface area contributed by atoms with Gasteiger partial charge in [-0.15, -0.1) is 0 Å². The zero-order chi connectivity index (χ0) is 19.8. The van der Waals surface area contributed by atoms with E-state index in [1.807, 2.05) is 0 Å². The molecule has 0 amide bonds. The van der Waals surface area contributed by atoms with Crippen molar-refractivity contribution >= 4 is 38.6 Å². The van der Waals surface area contributed by atoms with Gasteiger partial charge in [0.25, 0.3) is 10.1 Å². The SMILES string of the molecule is Cc1c(N)ccc(Nc2c([N+](=O)[O-])cc(S(=O)(=O)O)cc2[N+](=O)[O-])c1C. The number of nitrogen functional groups attached to an aromatic ring is 1. The number of nitro benzene ring substituents is 2. The molecular weight excluding hydrogens is 368 g/mol. The van der Waals surface area contributed by atoms with Crippen molar-refractivity contribution < 1.29 is 22.8 Å². The summed E-state index contributed by atoms with van der Waals surface area (Å²) in [5.74, 6) is 0. The summed E-state index contributed by atoms with van der Waals surface area (Å²) in [6.07, 6.45) is 0. The maximum Gasteiger partial charge on any atom is 0.301 e. The molecule has 0 bridgehead atoms. The molecule has 2 aromatic carbocycles. The molecule has 0 aromatic heterocycles. The molecule has 0 saturated heterocycles. The van der Waals surface area contributed by atoms with Crippen LogP contribution in [0, 0.1) is 34.1 Å². The Morgan fingerprint density at radius 2 is 1.54 bits per heavy atom. The zero-order valence-corrected chi connectivity index (χ0v) is 14.4. The van der Waals surface area contributed by atoms with Crippen molar-refractivity contribution in [1.29, 1.82) is 0 Å². The fourth-order valence-electron chi connectivity index (χ4n) is 2.26. The van der Waals surface area contributed by atoms with E-state index in [0.29, 0.717) is 34.6 Å². The van der Waals surface area contributed by atoms with E-state index < -0.39 is 41.9 Å². The number of nitrogens with one attached hydrogen (secondary N) is 1. The Morgan fingerprint density at radius 3 is 1.96 bits per heavy atom. The molecule has 0 saturated carbocycles. The number of rotatable bonds is 5. The molecule has 0 radical (unpaired) electrons. The second-order valence-corrected chi connectivity index (χ2v) is 6.82. The van der Waals surface area contributed by atoms with E-state index in [-0.39, 0.29) is 0 Å². The molecule has 26 heavy (non-hydrogen) atoms. The van der Waals surface area contributed by atoms with Gasteiger partial charge in [0.15, 0.2) is 5.69 Å². The lowest BCUT2D eigenvalue weighted by Crippen LogP contribution is -2.07. The molecule has 0 aliphatic rings. The highest BCUT2D eigenvalue weighted by molar-refractivity contribution is 7.85. The van der Waals surface area contributed by atoms with Gasteiger partial charge in [-0.1, -0.05) is 0 Å². The maximum atomic E-state index is 11.3. The Balaban J connectivity index is 2.77. The van der Waals surface area contributed by atoms with Crippen LogP contribution in [0.15, 0.2) is 29.2 Å². The van der Waals surface area contributed by atoms with Gasteiger partial charge >= 0.3 is 11.4 Å². The zero-order valence-electron chi connectivity index (χ0n) is 13.6. The molecule has 2 rings (SSSR count). The number of anilines is 3. The van der Waals surface area contributed by atoms with Gasteiger partial charge in [-0.05, 0) is 37.1 Å². The van der Waals surface area contributed by atoms with E-state index in [4.69, 9.17) is 10.3 Å². The average molecular weight is 382 g/mol. The van der Waals surface area contributed by atoms with Gasteiger partial charge in [-0.2, -0.15) is 8.42 Å². The minimum Gasteiger partial charge on any atom is -0.399 e. The molecule has 0 aliphatic carbocycles. The van der Waals surface area contributed by atoms with Gasteiger partial charge in [0.1, 0.15) is 4.90 Å². The fourth-order valence-corrected chi connectivity index (χ4v) is 2.78. The summed E-state index contributed by atoms with van der Waals surface area (Å²) in [6, 6.07) is 4.10. The minimum absolute atomic E-state index is 0.322. The lowest BCUT2D eigenvalue weighted by Gasteiger charge is -2.14. The van der Waals surface area contributed by atoms with Crippen molar-refractivity contribution in [3.8, 4) is 0 Å². The summed E-state index contributed by atoms with van der Waals surface area (Å²) in [4.78, 5) is 19.7. The Labute approximate surface area is 147 Å². The molecule has 0 unspecified atom stereocenters. The summed E-state index contributed by atoms with van der Waals surface area (Å²) in [6.45, 7) is 3.37. The summed E-state index contributed by atoms with van der Waals surface area (Å²) < 4.78 is 31.6. The van der Waals surface area contributed by atoms with Crippen molar-refractivity contribution in [2.75, 3.05) is 11.1 Å². The smallest absolute Gasteiger partial charge is 0.301 e. The van der Waals surface area contributed by atoms with Crippen molar-refractivity contribution in [3.63, 3.8) is 0 Å². The third kappa shape index (κ3) is 3.55. The lowest BCUT2D eigenvalue weighted by atomic mass is 10.1. The molecule has 11 nitrogen and oxygen atoms in total. The molecule has 0 fully saturated rings. The monoisotopic (exact) mass is 382 g/mol. The van der Waals surface area contributed by atoms with E-state index in [9.17, 15) is 28.6 Å². The minimum atomic E-state index is -4.88. The number of hydrogen-bond acceptors (Lipinski definition) is 8. The summed E-state index contributed by atoms with van der Waals surface area (Å²) >= 11 is 0. The van der Waals surface area contributed by atoms with E-state index in [2.05, 4.69) is 5.32 Å². The van der Waals surface area contributed by atoms with Crippen LogP contribution in [0.5, 0.6) is 0 Å². The van der Waals surface area contributed by atoms with Crippen LogP contribution in [0.4, 0.5) is 28.4 Å². The summed E-state index contributed by atoms with van der Waals surface area (Å²) in [7, 11) is -4.88. The largest absolute Gasteiger partial charge is 0.399 e. The van der Waals surface area contributed by atoms with E-state index in [1.165, 1.54) is 12.1 Å². The molecule has 12 heteroatoms. The second kappa shape index (κ2) is 6.57. The summed E-state index contributed by atoms with van der Waals surface area (Å²) in [5, 5.41) is 25.2. The first-order valence-corrected chi connectivity index (χ1v) is 8.44. The second-order valence-electron chi connectivity index (χ2n) is 5.40. The third-order valence-electron chi connectivity index (χ3n) is 3.85. The van der Waals surface area contributed by atoms with Crippen LogP contribution < -0.4 is 11.1 Å². The van der Waals surface area contributed by atoms with Crippen molar-refractivity contribution in [2.45, 2.75) is 18.7 Å². The quantitative estimate of drug-likeness (QED) is 0.303. The number of nitrogens with two attached hydrogens (primary N) is 1. The Bertz CT molecular complexity index is 999. The maximum absolute atomic E-state index is 11.3. The normalized spacial score (nSPS) is 11.2. The van der Waals surface area contributed by atoms with Crippen LogP contribution in [-0.4, -0.2) is 22.8 Å². The number of nitrogens with zero attached hydrogens (tertiary/aromatic N) is 2. The van der Waals surface area contributed by atoms with Crippen LogP contribution in [0.2, 0.25) is 0 Å². The Hall–Kier alpha value is -3.25. The molecule has 138 valence electrons. The first kappa shape index (κ1) is 19.1. The standard InChI is InChI=1S/C14H14N4O7S/c1-7-8(2)11(4-3-10(7)15)16-14-12(17(19)20)5-9(26(23,24)25)6-13(14)18(21)22/h3-6,16H,15H2,1-2H3,(H,23,24,25). The van der Waals surface area contributed by atoms with Crippen LogP contribution in [0.25, 0.3) is 0 Å². The van der Waals surface area contributed by atoms with E-state index >= 15 is 0 Å². The van der Waals surface area contributed by atoms with Crippen LogP contribution in [-0.2, 0) is 10.1 Å². The number of hydrogen-bond donors (Lipinski definition) is 3. The lowest BCUT2D eigenvalue weighted by molar-refractivity contribution is -0.392. The highest BCUT2D eigenvalue weighted by atomic mass is 32.2. The van der Waals surface area contributed by atoms with Crippen molar-refractivity contribution in [2.24, 2.45) is 0 Å². The van der Waals surface area contributed by atoms with E-state index in [0.717, 1.165) is 0 Å². The molecule has 0 spiro atoms. The van der Waals surface area contributed by atoms with Crippen molar-refractivity contribution in [1.82, 2.24) is 0 Å². The van der Waals surface area contributed by atoms with Gasteiger partial charge in [0, 0.05) is 23.5 Å². The Kier molecular flexibility index (Phi) is 4.82. The number of benzene rings is 2. The predicted octanol–water partition coefficient (Wildman–Crippen LogP) is 2.69. The molecule has 2 aromatic rings. The molecule has 0 aliphatic heterocycles. The average Bonchev–Trinajstić information content (AvgIpc) is 2.53. The first-order chi connectivity index (χ1) is 11.9. The van der Waals surface area contributed by atoms with Crippen LogP contribution in [0.1, 0.15) is 11.1 Å². The van der Waals surface area contributed by atoms with Gasteiger partial charge in [0.05, 0.1) is 9.85 Å². The Morgan fingerprint density at radius 1 is 1.04 bits per heavy atom.